The standard InChI is InChI=1S/C23H20N2O/c1-15-10-11-21(16(2)13-15)25(3)23(26)20-14-17-7-4-5-8-18(17)19-9-6-12-24-22(19)20/h4-14H,1-3H3. The molecule has 0 radical (unpaired) electrons. The largest absolute Gasteiger partial charge is 0.311 e. The Morgan fingerprint density at radius 2 is 1.69 bits per heavy atom. The van der Waals surface area contributed by atoms with E-state index in [1.54, 1.807) is 11.1 Å². The van der Waals surface area contributed by atoms with E-state index in [0.717, 1.165) is 32.9 Å². The lowest BCUT2D eigenvalue weighted by atomic mass is 9.99. The topological polar surface area (TPSA) is 33.2 Å². The van der Waals surface area contributed by atoms with E-state index in [2.05, 4.69) is 24.0 Å². The van der Waals surface area contributed by atoms with Crippen LogP contribution in [0.3, 0.4) is 0 Å². The minimum Gasteiger partial charge on any atom is -0.311 e. The second kappa shape index (κ2) is 6.26. The third kappa shape index (κ3) is 2.62. The van der Waals surface area contributed by atoms with E-state index in [1.165, 1.54) is 5.56 Å². The second-order valence-electron chi connectivity index (χ2n) is 6.70. The van der Waals surface area contributed by atoms with Gasteiger partial charge < -0.3 is 4.90 Å². The molecule has 0 atom stereocenters. The van der Waals surface area contributed by atoms with Crippen LogP contribution in [-0.2, 0) is 0 Å². The summed E-state index contributed by atoms with van der Waals surface area (Å²) in [5.41, 5.74) is 4.55. The molecule has 3 aromatic carbocycles. The van der Waals surface area contributed by atoms with E-state index < -0.39 is 0 Å². The van der Waals surface area contributed by atoms with Crippen molar-refractivity contribution in [3.8, 4) is 0 Å². The third-order valence-electron chi connectivity index (χ3n) is 4.86. The lowest BCUT2D eigenvalue weighted by Gasteiger charge is -2.21. The zero-order chi connectivity index (χ0) is 18.3. The zero-order valence-corrected chi connectivity index (χ0v) is 15.2. The summed E-state index contributed by atoms with van der Waals surface area (Å²) in [4.78, 5) is 19.6. The van der Waals surface area contributed by atoms with Crippen LogP contribution in [0.25, 0.3) is 21.7 Å². The molecule has 128 valence electrons. The number of rotatable bonds is 2. The van der Waals surface area contributed by atoms with Gasteiger partial charge in [0.1, 0.15) is 0 Å². The average Bonchev–Trinajstić information content (AvgIpc) is 2.66. The quantitative estimate of drug-likeness (QED) is 0.465. The monoisotopic (exact) mass is 340 g/mol. The Morgan fingerprint density at radius 3 is 2.50 bits per heavy atom. The summed E-state index contributed by atoms with van der Waals surface area (Å²) in [6, 6.07) is 20.1. The van der Waals surface area contributed by atoms with Gasteiger partial charge in [0.15, 0.2) is 0 Å². The highest BCUT2D eigenvalue weighted by Gasteiger charge is 2.19. The minimum absolute atomic E-state index is 0.0496. The first-order chi connectivity index (χ1) is 12.6. The second-order valence-corrected chi connectivity index (χ2v) is 6.70. The summed E-state index contributed by atoms with van der Waals surface area (Å²) in [5, 5.41) is 3.16. The van der Waals surface area contributed by atoms with Gasteiger partial charge in [-0.05, 0) is 48.4 Å². The first-order valence-electron chi connectivity index (χ1n) is 8.68. The van der Waals surface area contributed by atoms with Crippen LogP contribution in [0.2, 0.25) is 0 Å². The van der Waals surface area contributed by atoms with Gasteiger partial charge in [-0.3, -0.25) is 9.78 Å². The van der Waals surface area contributed by atoms with Gasteiger partial charge in [0.05, 0.1) is 11.1 Å². The molecule has 1 amide bonds. The number of carbonyl (C=O) groups excluding carboxylic acids is 1. The van der Waals surface area contributed by atoms with Crippen molar-refractivity contribution in [3.63, 3.8) is 0 Å². The molecule has 0 unspecified atom stereocenters. The van der Waals surface area contributed by atoms with Crippen LogP contribution in [0, 0.1) is 13.8 Å². The average molecular weight is 340 g/mol. The Bertz CT molecular complexity index is 1150. The van der Waals surface area contributed by atoms with Gasteiger partial charge in [-0.15, -0.1) is 0 Å². The maximum Gasteiger partial charge on any atom is 0.260 e. The summed E-state index contributed by atoms with van der Waals surface area (Å²) in [7, 11) is 1.82. The van der Waals surface area contributed by atoms with Crippen molar-refractivity contribution in [2.24, 2.45) is 0 Å². The number of benzene rings is 3. The van der Waals surface area contributed by atoms with Crippen LogP contribution in [0.4, 0.5) is 5.69 Å². The van der Waals surface area contributed by atoms with Crippen molar-refractivity contribution in [2.45, 2.75) is 13.8 Å². The van der Waals surface area contributed by atoms with E-state index in [-0.39, 0.29) is 5.91 Å². The molecule has 4 rings (SSSR count). The Kier molecular flexibility index (Phi) is 3.92. The number of pyridine rings is 1. The van der Waals surface area contributed by atoms with Crippen LogP contribution in [0.1, 0.15) is 21.5 Å². The number of hydrogen-bond donors (Lipinski definition) is 0. The molecule has 1 aromatic heterocycles. The Morgan fingerprint density at radius 1 is 0.923 bits per heavy atom. The number of fused-ring (bicyclic) bond motifs is 3. The van der Waals surface area contributed by atoms with Crippen LogP contribution >= 0.6 is 0 Å². The van der Waals surface area contributed by atoms with Crippen molar-refractivity contribution >= 4 is 33.3 Å². The highest BCUT2D eigenvalue weighted by Crippen LogP contribution is 2.29. The van der Waals surface area contributed by atoms with Crippen LogP contribution in [0.15, 0.2) is 66.9 Å². The molecule has 3 heteroatoms. The lowest BCUT2D eigenvalue weighted by molar-refractivity contribution is 0.0994. The molecular formula is C23H20N2O. The van der Waals surface area contributed by atoms with Crippen LogP contribution in [0.5, 0.6) is 0 Å². The molecule has 0 aliphatic rings. The van der Waals surface area contributed by atoms with Crippen molar-refractivity contribution in [1.29, 1.82) is 0 Å². The third-order valence-corrected chi connectivity index (χ3v) is 4.86. The smallest absolute Gasteiger partial charge is 0.260 e. The molecule has 0 aliphatic heterocycles. The fourth-order valence-electron chi connectivity index (χ4n) is 3.56. The van der Waals surface area contributed by atoms with Gasteiger partial charge in [0.2, 0.25) is 0 Å². The molecule has 1 heterocycles. The summed E-state index contributed by atoms with van der Waals surface area (Å²) in [5.74, 6) is -0.0496. The van der Waals surface area contributed by atoms with E-state index in [1.807, 2.05) is 62.5 Å². The molecule has 0 aliphatic carbocycles. The lowest BCUT2D eigenvalue weighted by Crippen LogP contribution is -2.27. The Labute approximate surface area is 152 Å². The zero-order valence-electron chi connectivity index (χ0n) is 15.2. The predicted octanol–water partition coefficient (Wildman–Crippen LogP) is 5.28. The Balaban J connectivity index is 1.91. The van der Waals surface area contributed by atoms with Gasteiger partial charge in [0.25, 0.3) is 5.91 Å². The fourth-order valence-corrected chi connectivity index (χ4v) is 3.56. The molecule has 0 spiro atoms. The molecular weight excluding hydrogens is 320 g/mol. The molecule has 0 saturated carbocycles. The number of anilines is 1. The predicted molar refractivity (Wildman–Crippen MR) is 108 cm³/mol. The number of aryl methyl sites for hydroxylation is 2. The number of hydrogen-bond acceptors (Lipinski definition) is 2. The molecule has 3 nitrogen and oxygen atoms in total. The summed E-state index contributed by atoms with van der Waals surface area (Å²) < 4.78 is 0. The molecule has 0 bridgehead atoms. The number of nitrogens with zero attached hydrogens (tertiary/aromatic N) is 2. The van der Waals surface area contributed by atoms with Crippen molar-refractivity contribution in [1.82, 2.24) is 4.98 Å². The first kappa shape index (κ1) is 16.3. The van der Waals surface area contributed by atoms with Crippen LogP contribution < -0.4 is 4.90 Å². The maximum absolute atomic E-state index is 13.3. The van der Waals surface area contributed by atoms with Crippen molar-refractivity contribution in [2.75, 3.05) is 11.9 Å². The number of carbonyl (C=O) groups is 1. The summed E-state index contributed by atoms with van der Waals surface area (Å²) in [6.07, 6.45) is 1.74. The summed E-state index contributed by atoms with van der Waals surface area (Å²) >= 11 is 0. The maximum atomic E-state index is 13.3. The van der Waals surface area contributed by atoms with Gasteiger partial charge in [-0.25, -0.2) is 0 Å². The fraction of sp³-hybridized carbons (Fsp3) is 0.130. The van der Waals surface area contributed by atoms with Crippen LogP contribution in [-0.4, -0.2) is 17.9 Å². The molecule has 26 heavy (non-hydrogen) atoms. The van der Waals surface area contributed by atoms with E-state index in [9.17, 15) is 4.79 Å². The normalized spacial score (nSPS) is 11.0. The minimum atomic E-state index is -0.0496. The number of aromatic nitrogens is 1. The highest BCUT2D eigenvalue weighted by molar-refractivity contribution is 6.19. The van der Waals surface area contributed by atoms with Crippen molar-refractivity contribution in [3.05, 3.63) is 83.6 Å². The highest BCUT2D eigenvalue weighted by atomic mass is 16.2. The molecule has 0 N–H and O–H groups in total. The molecule has 4 aromatic rings. The van der Waals surface area contributed by atoms with Crippen molar-refractivity contribution < 1.29 is 4.79 Å². The Hall–Kier alpha value is -3.20. The van der Waals surface area contributed by atoms with Gasteiger partial charge in [0, 0.05) is 24.3 Å². The van der Waals surface area contributed by atoms with E-state index in [4.69, 9.17) is 0 Å². The number of amides is 1. The SMILES string of the molecule is Cc1ccc(N(C)C(=O)c2cc3ccccc3c3cccnc23)c(C)c1. The van der Waals surface area contributed by atoms with Gasteiger partial charge >= 0.3 is 0 Å². The molecule has 0 saturated heterocycles. The summed E-state index contributed by atoms with van der Waals surface area (Å²) in [6.45, 7) is 4.09. The van der Waals surface area contributed by atoms with E-state index >= 15 is 0 Å². The van der Waals surface area contributed by atoms with Gasteiger partial charge in [-0.2, -0.15) is 0 Å². The molecule has 0 fully saturated rings. The van der Waals surface area contributed by atoms with E-state index in [0.29, 0.717) is 5.56 Å². The first-order valence-corrected chi connectivity index (χ1v) is 8.68. The van der Waals surface area contributed by atoms with Gasteiger partial charge in [-0.1, -0.05) is 48.0 Å².